The van der Waals surface area contributed by atoms with Gasteiger partial charge < -0.3 is 5.73 Å². The van der Waals surface area contributed by atoms with Crippen LogP contribution in [0.5, 0.6) is 0 Å². The lowest BCUT2D eigenvalue weighted by Gasteiger charge is -2.11. The smallest absolute Gasteiger partial charge is 0.148 e. The third-order valence-corrected chi connectivity index (χ3v) is 2.64. The molecule has 0 aliphatic rings. The Morgan fingerprint density at radius 1 is 1.31 bits per heavy atom. The van der Waals surface area contributed by atoms with Crippen LogP contribution >= 0.6 is 12.2 Å². The maximum atomic E-state index is 5.73. The van der Waals surface area contributed by atoms with Crippen LogP contribution in [0.15, 0.2) is 24.7 Å². The zero-order valence-corrected chi connectivity index (χ0v) is 9.95. The van der Waals surface area contributed by atoms with Crippen molar-refractivity contribution in [2.24, 2.45) is 5.73 Å². The second-order valence-corrected chi connectivity index (χ2v) is 3.97. The van der Waals surface area contributed by atoms with Crippen molar-refractivity contribution in [3.63, 3.8) is 0 Å². The quantitative estimate of drug-likeness (QED) is 0.798. The second kappa shape index (κ2) is 4.02. The van der Waals surface area contributed by atoms with Crippen LogP contribution in [0.1, 0.15) is 17.0 Å². The number of thiocarbonyl (C=S) groups is 1. The molecule has 0 saturated carbocycles. The van der Waals surface area contributed by atoms with Gasteiger partial charge in [0, 0.05) is 18.6 Å². The Morgan fingerprint density at radius 2 is 2.06 bits per heavy atom. The largest absolute Gasteiger partial charge is 0.389 e. The van der Waals surface area contributed by atoms with Crippen LogP contribution in [0.3, 0.4) is 0 Å². The molecule has 5 heteroatoms. The van der Waals surface area contributed by atoms with E-state index in [1.165, 1.54) is 0 Å². The summed E-state index contributed by atoms with van der Waals surface area (Å²) < 4.78 is 1.88. The lowest BCUT2D eigenvalue weighted by Crippen LogP contribution is -2.16. The fourth-order valence-electron chi connectivity index (χ4n) is 1.63. The number of hydrogen-bond donors (Lipinski definition) is 1. The van der Waals surface area contributed by atoms with Crippen molar-refractivity contribution in [3.8, 4) is 5.82 Å². The van der Waals surface area contributed by atoms with E-state index in [0.29, 0.717) is 4.99 Å². The number of hydrogen-bond acceptors (Lipinski definition) is 3. The Morgan fingerprint density at radius 3 is 2.62 bits per heavy atom. The minimum atomic E-state index is 0.355. The molecule has 0 bridgehead atoms. The van der Waals surface area contributed by atoms with E-state index >= 15 is 0 Å². The first-order valence-electron chi connectivity index (χ1n) is 4.87. The molecule has 4 nitrogen and oxygen atoms in total. The average molecular weight is 232 g/mol. The van der Waals surface area contributed by atoms with Gasteiger partial charge in [0.25, 0.3) is 0 Å². The Labute approximate surface area is 99.1 Å². The maximum Gasteiger partial charge on any atom is 0.148 e. The number of nitrogens with two attached hydrogens (primary N) is 1. The van der Waals surface area contributed by atoms with E-state index in [-0.39, 0.29) is 0 Å². The van der Waals surface area contributed by atoms with Crippen molar-refractivity contribution in [3.05, 3.63) is 41.6 Å². The molecule has 2 aromatic heterocycles. The van der Waals surface area contributed by atoms with Crippen molar-refractivity contribution in [1.82, 2.24) is 14.5 Å². The molecular formula is C11H12N4S. The molecule has 2 rings (SSSR count). The first-order valence-corrected chi connectivity index (χ1v) is 5.28. The van der Waals surface area contributed by atoms with Crippen LogP contribution < -0.4 is 5.73 Å². The summed E-state index contributed by atoms with van der Waals surface area (Å²) in [5, 5.41) is 0. The van der Waals surface area contributed by atoms with Crippen LogP contribution in [0.2, 0.25) is 0 Å². The molecule has 0 aromatic carbocycles. The first-order chi connectivity index (χ1) is 7.61. The highest BCUT2D eigenvalue weighted by molar-refractivity contribution is 7.80. The SMILES string of the molecule is Cc1ccnc(-n2ccnc2C)c1C(N)=S. The zero-order chi connectivity index (χ0) is 11.7. The minimum absolute atomic E-state index is 0.355. The van der Waals surface area contributed by atoms with E-state index < -0.39 is 0 Å². The van der Waals surface area contributed by atoms with Gasteiger partial charge in [0.15, 0.2) is 0 Å². The Balaban J connectivity index is 2.70. The predicted octanol–water partition coefficient (Wildman–Crippen LogP) is 1.52. The first kappa shape index (κ1) is 10.8. The van der Waals surface area contributed by atoms with Gasteiger partial charge >= 0.3 is 0 Å². The number of rotatable bonds is 2. The molecule has 0 amide bonds. The fraction of sp³-hybridized carbons (Fsp3) is 0.182. The minimum Gasteiger partial charge on any atom is -0.389 e. The molecule has 0 atom stereocenters. The van der Waals surface area contributed by atoms with E-state index in [0.717, 1.165) is 22.8 Å². The molecule has 0 fully saturated rings. The molecule has 0 spiro atoms. The second-order valence-electron chi connectivity index (χ2n) is 3.54. The number of nitrogens with zero attached hydrogens (tertiary/aromatic N) is 3. The highest BCUT2D eigenvalue weighted by Gasteiger charge is 2.12. The lowest BCUT2D eigenvalue weighted by molar-refractivity contribution is 0.926. The molecule has 0 aliphatic heterocycles. The molecule has 2 aromatic rings. The third-order valence-electron chi connectivity index (χ3n) is 2.44. The summed E-state index contributed by atoms with van der Waals surface area (Å²) in [5.41, 5.74) is 7.55. The van der Waals surface area contributed by atoms with Gasteiger partial charge in [0.05, 0.1) is 5.56 Å². The summed E-state index contributed by atoms with van der Waals surface area (Å²) in [7, 11) is 0. The van der Waals surface area contributed by atoms with Crippen molar-refractivity contribution in [2.45, 2.75) is 13.8 Å². The van der Waals surface area contributed by atoms with Crippen molar-refractivity contribution in [2.75, 3.05) is 0 Å². The molecule has 82 valence electrons. The number of pyridine rings is 1. The van der Waals surface area contributed by atoms with Crippen LogP contribution in [0, 0.1) is 13.8 Å². The summed E-state index contributed by atoms with van der Waals surface area (Å²) in [4.78, 5) is 8.84. The van der Waals surface area contributed by atoms with Crippen LogP contribution in [-0.2, 0) is 0 Å². The molecule has 0 unspecified atom stereocenters. The summed E-state index contributed by atoms with van der Waals surface area (Å²) >= 11 is 5.06. The van der Waals surface area contributed by atoms with Gasteiger partial charge in [-0.15, -0.1) is 0 Å². The standard InChI is InChI=1S/C11H12N4S/c1-7-3-4-14-11(9(7)10(12)16)15-6-5-13-8(15)2/h3-6H,1-2H3,(H2,12,16). The van der Waals surface area contributed by atoms with Crippen molar-refractivity contribution in [1.29, 1.82) is 0 Å². The maximum absolute atomic E-state index is 5.73. The normalized spacial score (nSPS) is 10.4. The van der Waals surface area contributed by atoms with Crippen molar-refractivity contribution >= 4 is 17.2 Å². The average Bonchev–Trinajstić information content (AvgIpc) is 2.63. The molecule has 2 N–H and O–H groups in total. The van der Waals surface area contributed by atoms with Gasteiger partial charge in [-0.1, -0.05) is 12.2 Å². The Kier molecular flexibility index (Phi) is 2.70. The molecule has 0 radical (unpaired) electrons. The number of aryl methyl sites for hydroxylation is 2. The van der Waals surface area contributed by atoms with Gasteiger partial charge in [-0.3, -0.25) is 4.57 Å². The molecular weight excluding hydrogens is 220 g/mol. The van der Waals surface area contributed by atoms with E-state index in [9.17, 15) is 0 Å². The van der Waals surface area contributed by atoms with Gasteiger partial charge in [0.2, 0.25) is 0 Å². The molecule has 16 heavy (non-hydrogen) atoms. The molecule has 0 saturated heterocycles. The van der Waals surface area contributed by atoms with Gasteiger partial charge in [-0.05, 0) is 25.5 Å². The number of aromatic nitrogens is 3. The third kappa shape index (κ3) is 1.69. The van der Waals surface area contributed by atoms with Crippen molar-refractivity contribution < 1.29 is 0 Å². The van der Waals surface area contributed by atoms with Gasteiger partial charge in [-0.25, -0.2) is 9.97 Å². The topological polar surface area (TPSA) is 56.7 Å². The molecule has 0 aliphatic carbocycles. The highest BCUT2D eigenvalue weighted by atomic mass is 32.1. The molecule has 2 heterocycles. The monoisotopic (exact) mass is 232 g/mol. The lowest BCUT2D eigenvalue weighted by atomic mass is 10.1. The van der Waals surface area contributed by atoms with Gasteiger partial charge in [0.1, 0.15) is 16.6 Å². The highest BCUT2D eigenvalue weighted by Crippen LogP contribution is 2.17. The van der Waals surface area contributed by atoms with Crippen LogP contribution in [0.4, 0.5) is 0 Å². The predicted molar refractivity (Wildman–Crippen MR) is 66.7 cm³/mol. The van der Waals surface area contributed by atoms with E-state index in [4.69, 9.17) is 18.0 Å². The Hall–Kier alpha value is -1.75. The van der Waals surface area contributed by atoms with Crippen LogP contribution in [-0.4, -0.2) is 19.5 Å². The van der Waals surface area contributed by atoms with E-state index in [2.05, 4.69) is 9.97 Å². The summed E-state index contributed by atoms with van der Waals surface area (Å²) in [5.74, 6) is 1.60. The number of imidazole rings is 1. The zero-order valence-electron chi connectivity index (χ0n) is 9.14. The van der Waals surface area contributed by atoms with Gasteiger partial charge in [-0.2, -0.15) is 0 Å². The van der Waals surface area contributed by atoms with Crippen LogP contribution in [0.25, 0.3) is 5.82 Å². The van der Waals surface area contributed by atoms with E-state index in [1.54, 1.807) is 12.4 Å². The summed E-state index contributed by atoms with van der Waals surface area (Å²) in [6, 6.07) is 1.89. The Bertz CT molecular complexity index is 545. The van der Waals surface area contributed by atoms with E-state index in [1.807, 2.05) is 30.7 Å². The fourth-order valence-corrected chi connectivity index (χ4v) is 1.89. The summed E-state index contributed by atoms with van der Waals surface area (Å²) in [6.45, 7) is 3.87. The summed E-state index contributed by atoms with van der Waals surface area (Å²) in [6.07, 6.45) is 5.31.